The average molecular weight is 256 g/mol. The maximum absolute atomic E-state index is 13.0. The summed E-state index contributed by atoms with van der Waals surface area (Å²) in [4.78, 5) is 12.0. The van der Waals surface area contributed by atoms with Crippen LogP contribution in [0.25, 0.3) is 0 Å². The number of alkyl halides is 2. The van der Waals surface area contributed by atoms with Crippen LogP contribution in [0, 0.1) is 10.1 Å². The number of nitro groups is 1. The lowest BCUT2D eigenvalue weighted by Crippen LogP contribution is -2.38. The van der Waals surface area contributed by atoms with Gasteiger partial charge in [-0.1, -0.05) is 12.1 Å². The number of hydrogen-bond acceptors (Lipinski definition) is 3. The first-order valence-electron chi connectivity index (χ1n) is 5.80. The van der Waals surface area contributed by atoms with E-state index in [-0.39, 0.29) is 18.5 Å². The standard InChI is InChI=1S/C12H14F2N2O2/c13-12(14)5-7-15(8-6-12)9-10-1-3-11(4-2-10)16(17)18/h1-4H,5-9H2. The molecule has 0 amide bonds. The van der Waals surface area contributed by atoms with Crippen LogP contribution in [-0.2, 0) is 6.54 Å². The Labute approximate surface area is 103 Å². The van der Waals surface area contributed by atoms with Crippen molar-refractivity contribution in [2.24, 2.45) is 0 Å². The van der Waals surface area contributed by atoms with Crippen LogP contribution in [0.5, 0.6) is 0 Å². The highest BCUT2D eigenvalue weighted by Gasteiger charge is 2.33. The van der Waals surface area contributed by atoms with Gasteiger partial charge in [-0.15, -0.1) is 0 Å². The fraction of sp³-hybridized carbons (Fsp3) is 0.500. The Balaban J connectivity index is 1.92. The van der Waals surface area contributed by atoms with Gasteiger partial charge < -0.3 is 0 Å². The van der Waals surface area contributed by atoms with Crippen molar-refractivity contribution in [3.05, 3.63) is 39.9 Å². The van der Waals surface area contributed by atoms with Crippen LogP contribution in [0.4, 0.5) is 14.5 Å². The molecule has 6 heteroatoms. The summed E-state index contributed by atoms with van der Waals surface area (Å²) in [6.07, 6.45) is -0.222. The third-order valence-corrected chi connectivity index (χ3v) is 3.14. The van der Waals surface area contributed by atoms with E-state index < -0.39 is 10.8 Å². The van der Waals surface area contributed by atoms with Crippen molar-refractivity contribution in [2.75, 3.05) is 13.1 Å². The van der Waals surface area contributed by atoms with Gasteiger partial charge in [0.05, 0.1) is 4.92 Å². The molecule has 0 unspecified atom stereocenters. The number of nitrogens with zero attached hydrogens (tertiary/aromatic N) is 2. The summed E-state index contributed by atoms with van der Waals surface area (Å²) in [6.45, 7) is 1.29. The normalized spacial score (nSPS) is 19.7. The van der Waals surface area contributed by atoms with Crippen molar-refractivity contribution in [1.29, 1.82) is 0 Å². The Morgan fingerprint density at radius 2 is 1.78 bits per heavy atom. The molecule has 0 N–H and O–H groups in total. The fourth-order valence-electron chi connectivity index (χ4n) is 2.02. The number of piperidine rings is 1. The van der Waals surface area contributed by atoms with Crippen LogP contribution >= 0.6 is 0 Å². The molecule has 1 aliphatic heterocycles. The topological polar surface area (TPSA) is 46.4 Å². The van der Waals surface area contributed by atoms with E-state index in [0.717, 1.165) is 5.56 Å². The largest absolute Gasteiger partial charge is 0.299 e. The Hall–Kier alpha value is -1.56. The second-order valence-electron chi connectivity index (χ2n) is 4.56. The van der Waals surface area contributed by atoms with Gasteiger partial charge in [0.2, 0.25) is 0 Å². The number of hydrogen-bond donors (Lipinski definition) is 0. The zero-order valence-corrected chi connectivity index (χ0v) is 9.81. The van der Waals surface area contributed by atoms with E-state index in [0.29, 0.717) is 19.6 Å². The Morgan fingerprint density at radius 3 is 2.28 bits per heavy atom. The molecule has 0 atom stereocenters. The van der Waals surface area contributed by atoms with E-state index in [2.05, 4.69) is 0 Å². The fourth-order valence-corrected chi connectivity index (χ4v) is 2.02. The Bertz CT molecular complexity index is 424. The molecule has 2 rings (SSSR count). The zero-order valence-electron chi connectivity index (χ0n) is 9.81. The van der Waals surface area contributed by atoms with Crippen LogP contribution in [0.15, 0.2) is 24.3 Å². The van der Waals surface area contributed by atoms with Crippen LogP contribution in [0.1, 0.15) is 18.4 Å². The molecule has 98 valence electrons. The van der Waals surface area contributed by atoms with Crippen LogP contribution in [-0.4, -0.2) is 28.8 Å². The van der Waals surface area contributed by atoms with Crippen molar-refractivity contribution in [1.82, 2.24) is 4.90 Å². The van der Waals surface area contributed by atoms with Crippen molar-refractivity contribution in [3.63, 3.8) is 0 Å². The van der Waals surface area contributed by atoms with E-state index >= 15 is 0 Å². The van der Waals surface area contributed by atoms with Gasteiger partial charge in [0.25, 0.3) is 11.6 Å². The molecule has 1 fully saturated rings. The van der Waals surface area contributed by atoms with Crippen molar-refractivity contribution in [3.8, 4) is 0 Å². The molecule has 0 aliphatic carbocycles. The van der Waals surface area contributed by atoms with E-state index in [1.165, 1.54) is 12.1 Å². The molecular formula is C12H14F2N2O2. The molecule has 1 aliphatic rings. The van der Waals surface area contributed by atoms with Gasteiger partial charge in [-0.3, -0.25) is 15.0 Å². The predicted molar refractivity (Wildman–Crippen MR) is 62.6 cm³/mol. The molecule has 1 saturated heterocycles. The number of halogens is 2. The second-order valence-corrected chi connectivity index (χ2v) is 4.56. The second kappa shape index (κ2) is 4.97. The highest BCUT2D eigenvalue weighted by molar-refractivity contribution is 5.32. The minimum atomic E-state index is -2.54. The number of benzene rings is 1. The van der Waals surface area contributed by atoms with E-state index in [9.17, 15) is 18.9 Å². The number of likely N-dealkylation sites (tertiary alicyclic amines) is 1. The van der Waals surface area contributed by atoms with Crippen molar-refractivity contribution >= 4 is 5.69 Å². The smallest absolute Gasteiger partial charge is 0.269 e. The number of non-ortho nitro benzene ring substituents is 1. The average Bonchev–Trinajstić information content (AvgIpc) is 2.33. The van der Waals surface area contributed by atoms with Crippen LogP contribution < -0.4 is 0 Å². The first-order valence-corrected chi connectivity index (χ1v) is 5.80. The molecule has 0 bridgehead atoms. The highest BCUT2D eigenvalue weighted by Crippen LogP contribution is 2.28. The summed E-state index contributed by atoms with van der Waals surface area (Å²) in [5, 5.41) is 10.5. The number of nitro benzene ring substituents is 1. The summed E-state index contributed by atoms with van der Waals surface area (Å²) in [7, 11) is 0. The third-order valence-electron chi connectivity index (χ3n) is 3.14. The minimum absolute atomic E-state index is 0.0453. The molecule has 18 heavy (non-hydrogen) atoms. The molecule has 0 saturated carbocycles. The van der Waals surface area contributed by atoms with E-state index in [1.807, 2.05) is 4.90 Å². The first-order chi connectivity index (χ1) is 8.46. The first kappa shape index (κ1) is 12.9. The molecule has 0 radical (unpaired) electrons. The van der Waals surface area contributed by atoms with Gasteiger partial charge in [-0.25, -0.2) is 8.78 Å². The maximum Gasteiger partial charge on any atom is 0.269 e. The lowest BCUT2D eigenvalue weighted by Gasteiger charge is -2.31. The van der Waals surface area contributed by atoms with Gasteiger partial charge in [0.1, 0.15) is 0 Å². The van der Waals surface area contributed by atoms with Gasteiger partial charge in [-0.2, -0.15) is 0 Å². The molecular weight excluding hydrogens is 242 g/mol. The number of rotatable bonds is 3. The Morgan fingerprint density at radius 1 is 1.22 bits per heavy atom. The predicted octanol–water partition coefficient (Wildman–Crippen LogP) is 2.83. The third kappa shape index (κ3) is 3.22. The summed E-state index contributed by atoms with van der Waals surface area (Å²) in [5.74, 6) is -2.54. The molecule has 1 aromatic rings. The van der Waals surface area contributed by atoms with Crippen LogP contribution in [0.2, 0.25) is 0 Å². The SMILES string of the molecule is O=[N+]([O-])c1ccc(CN2CCC(F)(F)CC2)cc1. The summed E-state index contributed by atoms with van der Waals surface area (Å²) in [5.41, 5.74) is 0.953. The van der Waals surface area contributed by atoms with E-state index in [1.54, 1.807) is 12.1 Å². The highest BCUT2D eigenvalue weighted by atomic mass is 19.3. The molecule has 1 heterocycles. The molecule has 4 nitrogen and oxygen atoms in total. The summed E-state index contributed by atoms with van der Waals surface area (Å²) >= 11 is 0. The monoisotopic (exact) mass is 256 g/mol. The van der Waals surface area contributed by atoms with Gasteiger partial charge in [0.15, 0.2) is 0 Å². The Kier molecular flexibility index (Phi) is 3.56. The van der Waals surface area contributed by atoms with E-state index in [4.69, 9.17) is 0 Å². The minimum Gasteiger partial charge on any atom is -0.299 e. The zero-order chi connectivity index (χ0) is 13.2. The maximum atomic E-state index is 13.0. The lowest BCUT2D eigenvalue weighted by molar-refractivity contribution is -0.384. The van der Waals surface area contributed by atoms with Crippen molar-refractivity contribution in [2.45, 2.75) is 25.3 Å². The molecule has 1 aromatic carbocycles. The van der Waals surface area contributed by atoms with Crippen molar-refractivity contribution < 1.29 is 13.7 Å². The molecule has 0 spiro atoms. The van der Waals surface area contributed by atoms with Gasteiger partial charge in [0, 0.05) is 44.6 Å². The quantitative estimate of drug-likeness (QED) is 0.617. The van der Waals surface area contributed by atoms with Gasteiger partial charge >= 0.3 is 0 Å². The molecule has 0 aromatic heterocycles. The summed E-state index contributed by atoms with van der Waals surface area (Å²) < 4.78 is 25.9. The lowest BCUT2D eigenvalue weighted by atomic mass is 10.1. The summed E-state index contributed by atoms with van der Waals surface area (Å²) in [6, 6.07) is 6.22. The van der Waals surface area contributed by atoms with Crippen LogP contribution in [0.3, 0.4) is 0 Å². The van der Waals surface area contributed by atoms with Gasteiger partial charge in [-0.05, 0) is 5.56 Å².